The van der Waals surface area contributed by atoms with Gasteiger partial charge in [-0.05, 0) is 26.8 Å². The van der Waals surface area contributed by atoms with Crippen molar-refractivity contribution in [3.63, 3.8) is 0 Å². The maximum Gasteiger partial charge on any atom is 0.331 e. The van der Waals surface area contributed by atoms with Gasteiger partial charge in [0.05, 0.1) is 5.69 Å². The number of esters is 1. The summed E-state index contributed by atoms with van der Waals surface area (Å²) in [5.41, 5.74) is 2.94. The second-order valence-electron chi connectivity index (χ2n) is 6.12. The number of nitrogens with one attached hydrogen (secondary N) is 2. The quantitative estimate of drug-likeness (QED) is 0.587. The van der Waals surface area contributed by atoms with Crippen molar-refractivity contribution >= 4 is 24.0 Å². The molecule has 28 heavy (non-hydrogen) atoms. The Balaban J connectivity index is 2.17. The number of nitrogens with zero attached hydrogens (tertiary/aromatic N) is 2. The number of rotatable bonds is 6. The van der Waals surface area contributed by atoms with Gasteiger partial charge < -0.3 is 10.1 Å². The van der Waals surface area contributed by atoms with Crippen LogP contribution in [0.25, 0.3) is 6.08 Å². The Kier molecular flexibility index (Phi) is 7.08. The number of benzene rings is 1. The van der Waals surface area contributed by atoms with Gasteiger partial charge in [-0.3, -0.25) is 14.8 Å². The summed E-state index contributed by atoms with van der Waals surface area (Å²) >= 11 is 0. The fraction of sp³-hybridized carbons (Fsp3) is 0.300. The maximum atomic E-state index is 12.5. The highest BCUT2D eigenvalue weighted by Gasteiger charge is 2.25. The van der Waals surface area contributed by atoms with Gasteiger partial charge in [-0.15, -0.1) is 0 Å². The van der Waals surface area contributed by atoms with Crippen molar-refractivity contribution in [2.75, 3.05) is 6.54 Å². The van der Waals surface area contributed by atoms with Crippen LogP contribution in [0, 0.1) is 13.8 Å². The number of aromatic nitrogens is 2. The van der Waals surface area contributed by atoms with E-state index < -0.39 is 24.0 Å². The molecule has 0 aliphatic carbocycles. The largest absolute Gasteiger partial charge is 0.444 e. The SMILES string of the molecule is CCNC(=O)NC(=O)[C@@H](OC(=O)/C=C/c1c(C)nn(C)c1C)c1ccccc1. The number of hydrogen-bond acceptors (Lipinski definition) is 5. The first-order chi connectivity index (χ1) is 13.3. The van der Waals surface area contributed by atoms with Crippen LogP contribution in [0.15, 0.2) is 36.4 Å². The molecule has 0 fully saturated rings. The number of carbonyl (C=O) groups excluding carboxylic acids is 3. The average molecular weight is 384 g/mol. The van der Waals surface area contributed by atoms with Crippen molar-refractivity contribution < 1.29 is 19.1 Å². The molecule has 3 amide bonds. The van der Waals surface area contributed by atoms with Gasteiger partial charge >= 0.3 is 12.0 Å². The van der Waals surface area contributed by atoms with Gasteiger partial charge in [0.2, 0.25) is 6.10 Å². The molecule has 1 aromatic heterocycles. The summed E-state index contributed by atoms with van der Waals surface area (Å²) < 4.78 is 7.06. The number of imide groups is 1. The Morgan fingerprint density at radius 3 is 2.46 bits per heavy atom. The van der Waals surface area contributed by atoms with Crippen molar-refractivity contribution in [1.82, 2.24) is 20.4 Å². The molecule has 1 atom stereocenters. The Bertz CT molecular complexity index is 887. The van der Waals surface area contributed by atoms with Crippen molar-refractivity contribution in [2.24, 2.45) is 7.05 Å². The van der Waals surface area contributed by atoms with Crippen LogP contribution in [0.5, 0.6) is 0 Å². The lowest BCUT2D eigenvalue weighted by Crippen LogP contribution is -2.42. The van der Waals surface area contributed by atoms with Crippen molar-refractivity contribution in [1.29, 1.82) is 0 Å². The van der Waals surface area contributed by atoms with Crippen LogP contribution in [0.4, 0.5) is 4.79 Å². The molecule has 0 spiro atoms. The summed E-state index contributed by atoms with van der Waals surface area (Å²) in [4.78, 5) is 36.4. The van der Waals surface area contributed by atoms with Crippen molar-refractivity contribution in [3.8, 4) is 0 Å². The van der Waals surface area contributed by atoms with Gasteiger partial charge in [0, 0.05) is 36.5 Å². The third-order valence-corrected chi connectivity index (χ3v) is 4.10. The first-order valence-electron chi connectivity index (χ1n) is 8.86. The monoisotopic (exact) mass is 384 g/mol. The second-order valence-corrected chi connectivity index (χ2v) is 6.12. The second kappa shape index (κ2) is 9.50. The van der Waals surface area contributed by atoms with Gasteiger partial charge in [-0.2, -0.15) is 5.10 Å². The normalized spacial score (nSPS) is 11.9. The average Bonchev–Trinajstić information content (AvgIpc) is 2.90. The van der Waals surface area contributed by atoms with Crippen LogP contribution >= 0.6 is 0 Å². The zero-order valence-electron chi connectivity index (χ0n) is 16.4. The van der Waals surface area contributed by atoms with Crippen LogP contribution in [-0.2, 0) is 21.4 Å². The summed E-state index contributed by atoms with van der Waals surface area (Å²) in [5.74, 6) is -1.44. The number of ether oxygens (including phenoxy) is 1. The van der Waals surface area contributed by atoms with Crippen LogP contribution in [0.3, 0.4) is 0 Å². The minimum absolute atomic E-state index is 0.363. The molecule has 2 aromatic rings. The number of aryl methyl sites for hydroxylation is 2. The van der Waals surface area contributed by atoms with E-state index in [4.69, 9.17) is 4.74 Å². The third-order valence-electron chi connectivity index (χ3n) is 4.10. The number of urea groups is 1. The minimum Gasteiger partial charge on any atom is -0.444 e. The standard InChI is InChI=1S/C20H24N4O4/c1-5-21-20(27)22-19(26)18(15-9-7-6-8-10-15)28-17(25)12-11-16-13(2)23-24(4)14(16)3/h6-12,18H,5H2,1-4H3,(H2,21,22,26,27)/b12-11+/t18-/m0/s1. The summed E-state index contributed by atoms with van der Waals surface area (Å²) in [6.07, 6.45) is 1.59. The van der Waals surface area contributed by atoms with E-state index in [2.05, 4.69) is 15.7 Å². The van der Waals surface area contributed by atoms with E-state index in [0.717, 1.165) is 17.0 Å². The van der Waals surface area contributed by atoms with Crippen LogP contribution in [0.1, 0.15) is 35.5 Å². The highest BCUT2D eigenvalue weighted by Crippen LogP contribution is 2.19. The molecule has 0 bridgehead atoms. The van der Waals surface area contributed by atoms with Gasteiger partial charge in [-0.25, -0.2) is 9.59 Å². The molecule has 0 aliphatic rings. The lowest BCUT2D eigenvalue weighted by molar-refractivity contribution is -0.151. The van der Waals surface area contributed by atoms with E-state index in [0.29, 0.717) is 12.1 Å². The van der Waals surface area contributed by atoms with Crippen LogP contribution < -0.4 is 10.6 Å². The minimum atomic E-state index is -1.25. The molecule has 148 valence electrons. The lowest BCUT2D eigenvalue weighted by atomic mass is 10.1. The molecule has 0 radical (unpaired) electrons. The maximum absolute atomic E-state index is 12.5. The predicted molar refractivity (Wildman–Crippen MR) is 104 cm³/mol. The Hall–Kier alpha value is -3.42. The van der Waals surface area contributed by atoms with Crippen LogP contribution in [-0.4, -0.2) is 34.2 Å². The fourth-order valence-corrected chi connectivity index (χ4v) is 2.62. The third kappa shape index (κ3) is 5.29. The molecule has 8 nitrogen and oxygen atoms in total. The molecule has 0 unspecified atom stereocenters. The zero-order valence-corrected chi connectivity index (χ0v) is 16.4. The number of hydrogen-bond donors (Lipinski definition) is 2. The molecule has 2 rings (SSSR count). The van der Waals surface area contributed by atoms with Crippen molar-refractivity contribution in [2.45, 2.75) is 26.9 Å². The zero-order chi connectivity index (χ0) is 20.7. The molecule has 0 saturated carbocycles. The van der Waals surface area contributed by atoms with Crippen molar-refractivity contribution in [3.05, 3.63) is 58.9 Å². The predicted octanol–water partition coefficient (Wildman–Crippen LogP) is 2.18. The smallest absolute Gasteiger partial charge is 0.331 e. The summed E-state index contributed by atoms with van der Waals surface area (Å²) in [6, 6.07) is 7.85. The fourth-order valence-electron chi connectivity index (χ4n) is 2.62. The first-order valence-corrected chi connectivity index (χ1v) is 8.86. The molecule has 0 saturated heterocycles. The first kappa shape index (κ1) is 20.9. The molecule has 8 heteroatoms. The molecule has 0 aliphatic heterocycles. The summed E-state index contributed by atoms with van der Waals surface area (Å²) in [6.45, 7) is 5.82. The molecular weight excluding hydrogens is 360 g/mol. The Labute approximate surface area is 163 Å². The molecule has 1 heterocycles. The van der Waals surface area contributed by atoms with Gasteiger partial charge in [0.15, 0.2) is 0 Å². The van der Waals surface area contributed by atoms with E-state index in [-0.39, 0.29) is 0 Å². The molecular formula is C20H24N4O4. The van der Waals surface area contributed by atoms with E-state index >= 15 is 0 Å². The van der Waals surface area contributed by atoms with Gasteiger partial charge in [0.1, 0.15) is 0 Å². The van der Waals surface area contributed by atoms with Gasteiger partial charge in [0.25, 0.3) is 5.91 Å². The summed E-state index contributed by atoms with van der Waals surface area (Å²) in [7, 11) is 1.81. The van der Waals surface area contributed by atoms with Gasteiger partial charge in [-0.1, -0.05) is 30.3 Å². The number of carbonyl (C=O) groups is 3. The number of amides is 3. The highest BCUT2D eigenvalue weighted by atomic mass is 16.5. The van der Waals surface area contributed by atoms with E-state index in [9.17, 15) is 14.4 Å². The van der Waals surface area contributed by atoms with E-state index in [1.165, 1.54) is 6.08 Å². The molecule has 2 N–H and O–H groups in total. The topological polar surface area (TPSA) is 102 Å². The highest BCUT2D eigenvalue weighted by molar-refractivity contribution is 5.98. The summed E-state index contributed by atoms with van der Waals surface area (Å²) in [5, 5.41) is 8.92. The Morgan fingerprint density at radius 1 is 1.21 bits per heavy atom. The Morgan fingerprint density at radius 2 is 1.89 bits per heavy atom. The van der Waals surface area contributed by atoms with Crippen LogP contribution in [0.2, 0.25) is 0 Å². The lowest BCUT2D eigenvalue weighted by Gasteiger charge is -2.16. The van der Waals surface area contributed by atoms with E-state index in [1.807, 2.05) is 20.9 Å². The molecule has 1 aromatic carbocycles. The van der Waals surface area contributed by atoms with E-state index in [1.54, 1.807) is 48.0 Å².